The summed E-state index contributed by atoms with van der Waals surface area (Å²) in [6.07, 6.45) is -2.91. The molecule has 2 aromatic rings. The Labute approximate surface area is 199 Å². The monoisotopic (exact) mass is 491 g/mol. The summed E-state index contributed by atoms with van der Waals surface area (Å²) in [5.74, 6) is -0.590. The number of rotatable bonds is 5. The molecule has 0 unspecified atom stereocenters. The Morgan fingerprint density at radius 3 is 2.34 bits per heavy atom. The van der Waals surface area contributed by atoms with Crippen LogP contribution in [0.1, 0.15) is 30.9 Å². The van der Waals surface area contributed by atoms with Crippen LogP contribution in [0.3, 0.4) is 0 Å². The van der Waals surface area contributed by atoms with Gasteiger partial charge in [-0.3, -0.25) is 15.0 Å². The number of aromatic nitrogens is 1. The Kier molecular flexibility index (Phi) is 6.30. The van der Waals surface area contributed by atoms with Crippen molar-refractivity contribution in [2.45, 2.75) is 31.5 Å². The summed E-state index contributed by atoms with van der Waals surface area (Å²) >= 11 is 0. The first-order chi connectivity index (χ1) is 16.5. The zero-order valence-electron chi connectivity index (χ0n) is 19.1. The van der Waals surface area contributed by atoms with Gasteiger partial charge in [0.2, 0.25) is 5.91 Å². The van der Waals surface area contributed by atoms with Gasteiger partial charge in [0.05, 0.1) is 12.7 Å². The molecule has 9 nitrogen and oxygen atoms in total. The van der Waals surface area contributed by atoms with Crippen LogP contribution in [0.2, 0.25) is 0 Å². The highest BCUT2D eigenvalue weighted by molar-refractivity contribution is 6.08. The van der Waals surface area contributed by atoms with E-state index in [9.17, 15) is 27.6 Å². The fourth-order valence-electron chi connectivity index (χ4n) is 4.17. The molecule has 0 radical (unpaired) electrons. The topological polar surface area (TPSA) is 104 Å². The fourth-order valence-corrected chi connectivity index (χ4v) is 4.17. The van der Waals surface area contributed by atoms with E-state index in [4.69, 9.17) is 4.74 Å². The SMILES string of the molecule is COc1ccc([C@@]2(C)NC(=O)N(NC(=O)C3CCN(c4ccc(C(F)(F)F)cn4)CC3)C2=O)cc1. The highest BCUT2D eigenvalue weighted by atomic mass is 19.4. The van der Waals surface area contributed by atoms with Gasteiger partial charge >= 0.3 is 12.2 Å². The largest absolute Gasteiger partial charge is 0.497 e. The molecule has 0 bridgehead atoms. The van der Waals surface area contributed by atoms with Crippen LogP contribution in [-0.2, 0) is 21.3 Å². The smallest absolute Gasteiger partial charge is 0.417 e. The molecule has 3 heterocycles. The number of ether oxygens (including phenoxy) is 1. The first-order valence-corrected chi connectivity index (χ1v) is 10.9. The summed E-state index contributed by atoms with van der Waals surface area (Å²) in [6, 6.07) is 8.18. The van der Waals surface area contributed by atoms with E-state index in [2.05, 4.69) is 15.7 Å². The number of methoxy groups -OCH3 is 1. The van der Waals surface area contributed by atoms with Gasteiger partial charge in [-0.2, -0.15) is 18.2 Å². The van der Waals surface area contributed by atoms with Crippen molar-refractivity contribution in [3.63, 3.8) is 0 Å². The minimum absolute atomic E-state index is 0.383. The number of anilines is 1. The van der Waals surface area contributed by atoms with Crippen molar-refractivity contribution >= 4 is 23.7 Å². The number of pyridine rings is 1. The summed E-state index contributed by atoms with van der Waals surface area (Å²) in [5.41, 5.74) is 0.775. The number of halogens is 3. The Hall–Kier alpha value is -3.83. The van der Waals surface area contributed by atoms with E-state index in [0.717, 1.165) is 12.3 Å². The number of carbonyl (C=O) groups excluding carboxylic acids is 3. The molecule has 0 aliphatic carbocycles. The number of nitrogens with zero attached hydrogens (tertiary/aromatic N) is 3. The predicted molar refractivity (Wildman–Crippen MR) is 118 cm³/mol. The van der Waals surface area contributed by atoms with Gasteiger partial charge in [0.15, 0.2) is 0 Å². The number of imide groups is 1. The van der Waals surface area contributed by atoms with Gasteiger partial charge in [-0.25, -0.2) is 9.78 Å². The van der Waals surface area contributed by atoms with Crippen LogP contribution in [0.25, 0.3) is 0 Å². The maximum atomic E-state index is 13.0. The molecule has 1 aromatic heterocycles. The number of amides is 4. The molecule has 12 heteroatoms. The van der Waals surface area contributed by atoms with Gasteiger partial charge in [-0.1, -0.05) is 12.1 Å². The standard InChI is InChI=1S/C23H24F3N5O4/c1-22(15-3-6-17(35-2)7-4-15)20(33)31(21(34)28-22)29-19(32)14-9-11-30(12-10-14)18-8-5-16(13-27-18)23(24,25)26/h3-8,13-14H,9-12H2,1-2H3,(H,28,34)(H,29,32)/t22-/m1/s1. The van der Waals surface area contributed by atoms with Gasteiger partial charge in [-0.05, 0) is 49.6 Å². The Morgan fingerprint density at radius 1 is 1.14 bits per heavy atom. The second kappa shape index (κ2) is 9.08. The predicted octanol–water partition coefficient (Wildman–Crippen LogP) is 2.82. The second-order valence-corrected chi connectivity index (χ2v) is 8.56. The molecule has 2 aliphatic heterocycles. The third-order valence-electron chi connectivity index (χ3n) is 6.35. The van der Waals surface area contributed by atoms with Crippen LogP contribution >= 0.6 is 0 Å². The van der Waals surface area contributed by atoms with E-state index in [1.165, 1.54) is 13.2 Å². The van der Waals surface area contributed by atoms with Crippen molar-refractivity contribution in [1.29, 1.82) is 0 Å². The van der Waals surface area contributed by atoms with Crippen LogP contribution < -0.4 is 20.4 Å². The number of alkyl halides is 3. The van der Waals surface area contributed by atoms with Crippen LogP contribution in [-0.4, -0.2) is 48.0 Å². The molecule has 0 saturated carbocycles. The van der Waals surface area contributed by atoms with E-state index in [-0.39, 0.29) is 0 Å². The first-order valence-electron chi connectivity index (χ1n) is 10.9. The van der Waals surface area contributed by atoms with Crippen molar-refractivity contribution in [2.75, 3.05) is 25.1 Å². The van der Waals surface area contributed by atoms with Gasteiger partial charge in [-0.15, -0.1) is 0 Å². The number of hydrogen-bond donors (Lipinski definition) is 2. The maximum Gasteiger partial charge on any atom is 0.417 e. The molecular formula is C23H24F3N5O4. The van der Waals surface area contributed by atoms with Crippen LogP contribution in [0.5, 0.6) is 5.75 Å². The molecule has 35 heavy (non-hydrogen) atoms. The molecule has 2 aliphatic rings. The zero-order valence-corrected chi connectivity index (χ0v) is 19.1. The Balaban J connectivity index is 1.36. The second-order valence-electron chi connectivity index (χ2n) is 8.56. The number of piperidine rings is 1. The molecule has 4 rings (SSSR count). The van der Waals surface area contributed by atoms with Gasteiger partial charge in [0, 0.05) is 25.2 Å². The molecule has 186 valence electrons. The lowest BCUT2D eigenvalue weighted by atomic mass is 9.92. The summed E-state index contributed by atoms with van der Waals surface area (Å²) < 4.78 is 43.3. The van der Waals surface area contributed by atoms with Crippen LogP contribution in [0.4, 0.5) is 23.8 Å². The number of urea groups is 1. The van der Waals surface area contributed by atoms with Crippen molar-refractivity contribution in [1.82, 2.24) is 20.7 Å². The summed E-state index contributed by atoms with van der Waals surface area (Å²) in [6.45, 7) is 2.33. The number of hydrogen-bond acceptors (Lipinski definition) is 6. The van der Waals surface area contributed by atoms with E-state index in [1.807, 2.05) is 0 Å². The zero-order chi connectivity index (χ0) is 25.4. The summed E-state index contributed by atoms with van der Waals surface area (Å²) in [7, 11) is 1.51. The third-order valence-corrected chi connectivity index (χ3v) is 6.35. The minimum Gasteiger partial charge on any atom is -0.497 e. The van der Waals surface area contributed by atoms with Gasteiger partial charge in [0.25, 0.3) is 5.91 Å². The molecule has 0 spiro atoms. The highest BCUT2D eigenvalue weighted by Crippen LogP contribution is 2.31. The van der Waals surface area contributed by atoms with Crippen molar-refractivity contribution in [3.05, 3.63) is 53.7 Å². The van der Waals surface area contributed by atoms with Crippen LogP contribution in [0.15, 0.2) is 42.6 Å². The van der Waals surface area contributed by atoms with E-state index in [0.29, 0.717) is 48.1 Å². The maximum absolute atomic E-state index is 13.0. The van der Waals surface area contributed by atoms with Gasteiger partial charge < -0.3 is 15.0 Å². The Bertz CT molecular complexity index is 1120. The van der Waals surface area contributed by atoms with Crippen molar-refractivity contribution in [2.24, 2.45) is 5.92 Å². The summed E-state index contributed by atoms with van der Waals surface area (Å²) in [5, 5.41) is 3.31. The highest BCUT2D eigenvalue weighted by Gasteiger charge is 2.50. The van der Waals surface area contributed by atoms with E-state index in [1.54, 1.807) is 36.1 Å². The van der Waals surface area contributed by atoms with Crippen molar-refractivity contribution < 1.29 is 32.3 Å². The number of nitrogens with one attached hydrogen (secondary N) is 2. The van der Waals surface area contributed by atoms with E-state index < -0.39 is 41.0 Å². The average molecular weight is 491 g/mol. The molecule has 2 N–H and O–H groups in total. The number of carbonyl (C=O) groups is 3. The Morgan fingerprint density at radius 2 is 1.80 bits per heavy atom. The molecular weight excluding hydrogens is 467 g/mol. The lowest BCUT2D eigenvalue weighted by molar-refractivity contribution is -0.140. The molecule has 4 amide bonds. The third kappa shape index (κ3) is 4.73. The lowest BCUT2D eigenvalue weighted by Gasteiger charge is -2.32. The quantitative estimate of drug-likeness (QED) is 0.624. The van der Waals surface area contributed by atoms with Crippen molar-refractivity contribution in [3.8, 4) is 5.75 Å². The van der Waals surface area contributed by atoms with E-state index >= 15 is 0 Å². The van der Waals surface area contributed by atoms with Gasteiger partial charge in [0.1, 0.15) is 17.1 Å². The molecule has 1 aromatic carbocycles. The first kappa shape index (κ1) is 24.3. The normalized spacial score (nSPS) is 21.2. The average Bonchev–Trinajstić information content (AvgIpc) is 3.07. The molecule has 2 fully saturated rings. The molecule has 1 atom stereocenters. The van der Waals surface area contributed by atoms with Crippen LogP contribution in [0, 0.1) is 5.92 Å². The fraction of sp³-hybridized carbons (Fsp3) is 0.391. The number of benzene rings is 1. The minimum atomic E-state index is -4.46. The summed E-state index contributed by atoms with van der Waals surface area (Å²) in [4.78, 5) is 44.0. The molecule has 2 saturated heterocycles. The number of hydrazine groups is 1. The lowest BCUT2D eigenvalue weighted by Crippen LogP contribution is -2.51.